The van der Waals surface area contributed by atoms with E-state index in [1.54, 1.807) is 32.9 Å². The van der Waals surface area contributed by atoms with Crippen molar-refractivity contribution in [1.29, 1.82) is 0 Å². The van der Waals surface area contributed by atoms with Crippen LogP contribution in [0.4, 0.5) is 0 Å². The molecular formula is C15H21NO5. The SMILES string of the molecule is COc1ccc(OC)c(C(=O)N[C@H](C(=O)O)C(C)(C)C)c1. The van der Waals surface area contributed by atoms with Gasteiger partial charge in [-0.05, 0) is 23.6 Å². The molecule has 0 saturated heterocycles. The largest absolute Gasteiger partial charge is 0.497 e. The predicted octanol–water partition coefficient (Wildman–Crippen LogP) is 1.93. The van der Waals surface area contributed by atoms with Gasteiger partial charge in [0.15, 0.2) is 0 Å². The second-order valence-electron chi connectivity index (χ2n) is 5.68. The maximum absolute atomic E-state index is 12.3. The summed E-state index contributed by atoms with van der Waals surface area (Å²) in [7, 11) is 2.93. The van der Waals surface area contributed by atoms with Crippen molar-refractivity contribution in [3.8, 4) is 11.5 Å². The number of carboxylic acids is 1. The number of amides is 1. The molecule has 0 spiro atoms. The average molecular weight is 295 g/mol. The molecular weight excluding hydrogens is 274 g/mol. The minimum Gasteiger partial charge on any atom is -0.497 e. The second-order valence-corrected chi connectivity index (χ2v) is 5.68. The summed E-state index contributed by atoms with van der Waals surface area (Å²) < 4.78 is 10.2. The molecule has 6 heteroatoms. The average Bonchev–Trinajstić information content (AvgIpc) is 2.42. The van der Waals surface area contributed by atoms with Crippen molar-refractivity contribution < 1.29 is 24.2 Å². The van der Waals surface area contributed by atoms with Crippen molar-refractivity contribution in [3.05, 3.63) is 23.8 Å². The van der Waals surface area contributed by atoms with Crippen LogP contribution in [-0.2, 0) is 4.79 Å². The van der Waals surface area contributed by atoms with E-state index in [4.69, 9.17) is 9.47 Å². The highest BCUT2D eigenvalue weighted by Gasteiger charge is 2.33. The van der Waals surface area contributed by atoms with Gasteiger partial charge < -0.3 is 19.9 Å². The highest BCUT2D eigenvalue weighted by molar-refractivity contribution is 5.99. The fraction of sp³-hybridized carbons (Fsp3) is 0.467. The molecule has 116 valence electrons. The molecule has 0 unspecified atom stereocenters. The lowest BCUT2D eigenvalue weighted by molar-refractivity contribution is -0.142. The molecule has 0 aliphatic rings. The van der Waals surface area contributed by atoms with Crippen LogP contribution >= 0.6 is 0 Å². The molecule has 0 heterocycles. The van der Waals surface area contributed by atoms with E-state index >= 15 is 0 Å². The first kappa shape index (κ1) is 16.8. The highest BCUT2D eigenvalue weighted by Crippen LogP contribution is 2.25. The first-order valence-electron chi connectivity index (χ1n) is 6.46. The van der Waals surface area contributed by atoms with Gasteiger partial charge in [-0.25, -0.2) is 4.79 Å². The van der Waals surface area contributed by atoms with Crippen LogP contribution in [0.3, 0.4) is 0 Å². The Hall–Kier alpha value is -2.24. The molecule has 1 aromatic rings. The third kappa shape index (κ3) is 4.11. The third-order valence-electron chi connectivity index (χ3n) is 3.04. The highest BCUT2D eigenvalue weighted by atomic mass is 16.5. The van der Waals surface area contributed by atoms with Crippen LogP contribution in [-0.4, -0.2) is 37.2 Å². The monoisotopic (exact) mass is 295 g/mol. The molecule has 1 rings (SSSR count). The van der Waals surface area contributed by atoms with Gasteiger partial charge in [0.05, 0.1) is 19.8 Å². The maximum atomic E-state index is 12.3. The van der Waals surface area contributed by atoms with Gasteiger partial charge >= 0.3 is 5.97 Å². The Morgan fingerprint density at radius 1 is 1.19 bits per heavy atom. The Morgan fingerprint density at radius 2 is 1.81 bits per heavy atom. The normalized spacial score (nSPS) is 12.4. The van der Waals surface area contributed by atoms with E-state index in [9.17, 15) is 14.7 Å². The summed E-state index contributed by atoms with van der Waals surface area (Å²) in [5.41, 5.74) is -0.388. The lowest BCUT2D eigenvalue weighted by Gasteiger charge is -2.28. The molecule has 21 heavy (non-hydrogen) atoms. The summed E-state index contributed by atoms with van der Waals surface area (Å²) in [6.07, 6.45) is 0. The number of hydrogen-bond donors (Lipinski definition) is 2. The number of carbonyl (C=O) groups excluding carboxylic acids is 1. The molecule has 6 nitrogen and oxygen atoms in total. The Kier molecular flexibility index (Phi) is 5.18. The number of methoxy groups -OCH3 is 2. The Balaban J connectivity index is 3.10. The number of carbonyl (C=O) groups is 2. The van der Waals surface area contributed by atoms with Crippen LogP contribution in [0.2, 0.25) is 0 Å². The number of aliphatic carboxylic acids is 1. The molecule has 1 amide bonds. The summed E-state index contributed by atoms with van der Waals surface area (Å²) in [5.74, 6) is -0.763. The third-order valence-corrected chi connectivity index (χ3v) is 3.04. The Morgan fingerprint density at radius 3 is 2.24 bits per heavy atom. The molecule has 0 fully saturated rings. The summed E-state index contributed by atoms with van der Waals surface area (Å²) in [6.45, 7) is 5.23. The van der Waals surface area contributed by atoms with Crippen LogP contribution < -0.4 is 14.8 Å². The van der Waals surface area contributed by atoms with Crippen molar-refractivity contribution in [3.63, 3.8) is 0 Å². The van der Waals surface area contributed by atoms with E-state index in [2.05, 4.69) is 5.32 Å². The molecule has 1 aromatic carbocycles. The number of rotatable bonds is 5. The molecule has 0 aromatic heterocycles. The zero-order valence-corrected chi connectivity index (χ0v) is 12.9. The number of ether oxygens (including phenoxy) is 2. The summed E-state index contributed by atoms with van der Waals surface area (Å²) in [5, 5.41) is 11.8. The van der Waals surface area contributed by atoms with Gasteiger partial charge in [0, 0.05) is 0 Å². The zero-order chi connectivity index (χ0) is 16.2. The first-order chi connectivity index (χ1) is 9.70. The topological polar surface area (TPSA) is 84.9 Å². The van der Waals surface area contributed by atoms with Crippen molar-refractivity contribution in [2.45, 2.75) is 26.8 Å². The lowest BCUT2D eigenvalue weighted by Crippen LogP contribution is -2.49. The van der Waals surface area contributed by atoms with E-state index in [0.717, 1.165) is 0 Å². The fourth-order valence-corrected chi connectivity index (χ4v) is 1.85. The van der Waals surface area contributed by atoms with Crippen LogP contribution in [0.5, 0.6) is 11.5 Å². The van der Waals surface area contributed by atoms with Gasteiger partial charge in [-0.1, -0.05) is 20.8 Å². The molecule has 1 atom stereocenters. The number of carboxylic acid groups (broad SMARTS) is 1. The van der Waals surface area contributed by atoms with Crippen molar-refractivity contribution >= 4 is 11.9 Å². The van der Waals surface area contributed by atoms with Crippen LogP contribution in [0.15, 0.2) is 18.2 Å². The van der Waals surface area contributed by atoms with Crippen molar-refractivity contribution in [2.75, 3.05) is 14.2 Å². The van der Waals surface area contributed by atoms with E-state index in [1.807, 2.05) is 0 Å². The predicted molar refractivity (Wildman–Crippen MR) is 77.9 cm³/mol. The van der Waals surface area contributed by atoms with Crippen molar-refractivity contribution in [2.24, 2.45) is 5.41 Å². The van der Waals surface area contributed by atoms with Gasteiger partial charge in [0.2, 0.25) is 0 Å². The van der Waals surface area contributed by atoms with Gasteiger partial charge in [0.25, 0.3) is 5.91 Å². The smallest absolute Gasteiger partial charge is 0.326 e. The lowest BCUT2D eigenvalue weighted by atomic mass is 9.86. The minimum absolute atomic E-state index is 0.229. The van der Waals surface area contributed by atoms with Crippen molar-refractivity contribution in [1.82, 2.24) is 5.32 Å². The Labute approximate surface area is 124 Å². The second kappa shape index (κ2) is 6.47. The maximum Gasteiger partial charge on any atom is 0.326 e. The summed E-state index contributed by atoms with van der Waals surface area (Å²) in [4.78, 5) is 23.7. The number of benzene rings is 1. The quantitative estimate of drug-likeness (QED) is 0.867. The van der Waals surface area contributed by atoms with E-state index in [-0.39, 0.29) is 5.56 Å². The Bertz CT molecular complexity index is 533. The molecule has 0 radical (unpaired) electrons. The molecule has 0 saturated carbocycles. The van der Waals surface area contributed by atoms with E-state index in [1.165, 1.54) is 20.3 Å². The first-order valence-corrected chi connectivity index (χ1v) is 6.46. The fourth-order valence-electron chi connectivity index (χ4n) is 1.85. The molecule has 0 bridgehead atoms. The molecule has 0 aliphatic carbocycles. The number of nitrogens with one attached hydrogen (secondary N) is 1. The van der Waals surface area contributed by atoms with Gasteiger partial charge in [-0.15, -0.1) is 0 Å². The summed E-state index contributed by atoms with van der Waals surface area (Å²) >= 11 is 0. The molecule has 2 N–H and O–H groups in total. The van der Waals surface area contributed by atoms with Gasteiger partial charge in [0.1, 0.15) is 17.5 Å². The number of hydrogen-bond acceptors (Lipinski definition) is 4. The zero-order valence-electron chi connectivity index (χ0n) is 12.9. The van der Waals surface area contributed by atoms with E-state index < -0.39 is 23.3 Å². The standard InChI is InChI=1S/C15H21NO5/c1-15(2,3)12(14(18)19)16-13(17)10-8-9(20-4)6-7-11(10)21-5/h6-8,12H,1-5H3,(H,16,17)(H,18,19)/t12-/m1/s1. The summed E-state index contributed by atoms with van der Waals surface area (Å²) in [6, 6.07) is 3.76. The van der Waals surface area contributed by atoms with Crippen LogP contribution in [0.1, 0.15) is 31.1 Å². The van der Waals surface area contributed by atoms with Gasteiger partial charge in [-0.2, -0.15) is 0 Å². The molecule has 0 aliphatic heterocycles. The van der Waals surface area contributed by atoms with E-state index in [0.29, 0.717) is 11.5 Å². The van der Waals surface area contributed by atoms with Crippen LogP contribution in [0.25, 0.3) is 0 Å². The van der Waals surface area contributed by atoms with Crippen LogP contribution in [0, 0.1) is 5.41 Å². The van der Waals surface area contributed by atoms with Gasteiger partial charge in [-0.3, -0.25) is 4.79 Å². The minimum atomic E-state index is -1.09.